The molecule has 2 heterocycles. The molecule has 0 atom stereocenters. The first kappa shape index (κ1) is 21.2. The molecule has 0 unspecified atom stereocenters. The van der Waals surface area contributed by atoms with Crippen LogP contribution in [0.3, 0.4) is 0 Å². The van der Waals surface area contributed by atoms with Crippen LogP contribution >= 0.6 is 0 Å². The van der Waals surface area contributed by atoms with Gasteiger partial charge in [-0.05, 0) is 37.7 Å². The monoisotopic (exact) mass is 422 g/mol. The van der Waals surface area contributed by atoms with Crippen molar-refractivity contribution in [3.63, 3.8) is 0 Å². The Labute approximate surface area is 183 Å². The van der Waals surface area contributed by atoms with Gasteiger partial charge in [0.2, 0.25) is 5.91 Å². The largest absolute Gasteiger partial charge is 0.496 e. The molecule has 164 valence electrons. The van der Waals surface area contributed by atoms with Crippen LogP contribution in [0, 0.1) is 0 Å². The molecule has 4 rings (SSSR count). The van der Waals surface area contributed by atoms with Crippen LogP contribution in [-0.2, 0) is 17.8 Å². The lowest BCUT2D eigenvalue weighted by Crippen LogP contribution is -2.46. The Hall–Kier alpha value is -3.06. The lowest BCUT2D eigenvalue weighted by molar-refractivity contribution is -0.131. The number of benzene rings is 2. The average Bonchev–Trinajstić information content (AvgIpc) is 2.82. The number of piperazine rings is 1. The molecule has 0 bridgehead atoms. The van der Waals surface area contributed by atoms with Gasteiger partial charge in [0.15, 0.2) is 0 Å². The number of nitrogens with one attached hydrogen (secondary N) is 1. The van der Waals surface area contributed by atoms with Gasteiger partial charge in [-0.3, -0.25) is 9.59 Å². The van der Waals surface area contributed by atoms with Crippen LogP contribution in [-0.4, -0.2) is 75.0 Å². The van der Waals surface area contributed by atoms with Gasteiger partial charge in [-0.1, -0.05) is 18.2 Å². The number of carbonyl (C=O) groups excluding carboxylic acids is 2. The molecule has 2 amide bonds. The number of hydrogen-bond donors (Lipinski definition) is 1. The summed E-state index contributed by atoms with van der Waals surface area (Å²) < 4.78 is 5.61. The maximum Gasteiger partial charge on any atom is 0.251 e. The molecule has 0 saturated carbocycles. The molecule has 7 heteroatoms. The van der Waals surface area contributed by atoms with Crippen LogP contribution in [0.2, 0.25) is 0 Å². The lowest BCUT2D eigenvalue weighted by Gasteiger charge is -2.38. The minimum atomic E-state index is -0.230. The summed E-state index contributed by atoms with van der Waals surface area (Å²) in [5.74, 6) is 0.589. The smallest absolute Gasteiger partial charge is 0.251 e. The summed E-state index contributed by atoms with van der Waals surface area (Å²) >= 11 is 0. The van der Waals surface area contributed by atoms with Crippen LogP contribution in [0.1, 0.15) is 21.5 Å². The number of anilines is 1. The number of carbonyl (C=O) groups is 2. The molecule has 2 aliphatic rings. The van der Waals surface area contributed by atoms with Gasteiger partial charge in [0.1, 0.15) is 5.75 Å². The van der Waals surface area contributed by atoms with Crippen LogP contribution in [0.25, 0.3) is 0 Å². The Morgan fingerprint density at radius 2 is 1.71 bits per heavy atom. The van der Waals surface area contributed by atoms with E-state index < -0.39 is 0 Å². The molecule has 2 aliphatic heterocycles. The summed E-state index contributed by atoms with van der Waals surface area (Å²) in [7, 11) is 3.84. The van der Waals surface area contributed by atoms with Crippen molar-refractivity contribution in [3.05, 3.63) is 59.2 Å². The molecule has 1 saturated heterocycles. The fourth-order valence-corrected chi connectivity index (χ4v) is 4.33. The molecule has 1 N–H and O–H groups in total. The van der Waals surface area contributed by atoms with Crippen LogP contribution in [0.4, 0.5) is 5.69 Å². The zero-order valence-electron chi connectivity index (χ0n) is 18.3. The van der Waals surface area contributed by atoms with Gasteiger partial charge in [0, 0.05) is 61.6 Å². The summed E-state index contributed by atoms with van der Waals surface area (Å²) in [5, 5.41) is 2.75. The van der Waals surface area contributed by atoms with E-state index >= 15 is 0 Å². The summed E-state index contributed by atoms with van der Waals surface area (Å²) in [5.41, 5.74) is 4.10. The van der Waals surface area contributed by atoms with Crippen molar-refractivity contribution >= 4 is 17.5 Å². The number of methoxy groups -OCH3 is 1. The second-order valence-corrected chi connectivity index (χ2v) is 8.15. The van der Waals surface area contributed by atoms with E-state index in [0.717, 1.165) is 43.9 Å². The minimum Gasteiger partial charge on any atom is -0.496 e. The first-order chi connectivity index (χ1) is 15.1. The van der Waals surface area contributed by atoms with Gasteiger partial charge >= 0.3 is 0 Å². The fourth-order valence-electron chi connectivity index (χ4n) is 4.33. The second kappa shape index (κ2) is 9.39. The first-order valence-corrected chi connectivity index (χ1v) is 10.8. The maximum absolute atomic E-state index is 12.9. The SMILES string of the molecule is COc1ccc(N2CCN(C)CC2)c2c1CCN(C(=O)CNC(=O)c1ccccc1)C2. The van der Waals surface area contributed by atoms with Crippen LogP contribution in [0.5, 0.6) is 5.75 Å². The van der Waals surface area contributed by atoms with E-state index in [0.29, 0.717) is 18.7 Å². The lowest BCUT2D eigenvalue weighted by atomic mass is 9.95. The van der Waals surface area contributed by atoms with Crippen molar-refractivity contribution in [1.82, 2.24) is 15.1 Å². The standard InChI is InChI=1S/C24H30N4O3/c1-26-12-14-27(15-13-26)21-8-9-22(31-2)19-10-11-28(17-20(19)21)23(29)16-25-24(30)18-6-4-3-5-7-18/h3-9H,10-17H2,1-2H3,(H,25,30). The van der Waals surface area contributed by atoms with Crippen molar-refractivity contribution in [2.24, 2.45) is 0 Å². The number of likely N-dealkylation sites (N-methyl/N-ethyl adjacent to an activating group) is 1. The fraction of sp³-hybridized carbons (Fsp3) is 0.417. The molecule has 0 aliphatic carbocycles. The maximum atomic E-state index is 12.9. The highest BCUT2D eigenvalue weighted by Gasteiger charge is 2.28. The highest BCUT2D eigenvalue weighted by atomic mass is 16.5. The normalized spacial score (nSPS) is 16.6. The Balaban J connectivity index is 1.47. The molecular formula is C24H30N4O3. The number of rotatable bonds is 5. The summed E-state index contributed by atoms with van der Waals surface area (Å²) in [6.45, 7) is 5.14. The van der Waals surface area contributed by atoms with Crippen molar-refractivity contribution in [3.8, 4) is 5.75 Å². The third-order valence-corrected chi connectivity index (χ3v) is 6.20. The van der Waals surface area contributed by atoms with Crippen molar-refractivity contribution in [2.45, 2.75) is 13.0 Å². The molecule has 0 radical (unpaired) electrons. The minimum absolute atomic E-state index is 0.00310. The van der Waals surface area contributed by atoms with Gasteiger partial charge in [-0.15, -0.1) is 0 Å². The van der Waals surface area contributed by atoms with Gasteiger partial charge in [-0.2, -0.15) is 0 Å². The van der Waals surface area contributed by atoms with E-state index in [1.165, 1.54) is 11.3 Å². The molecule has 7 nitrogen and oxygen atoms in total. The Kier molecular flexibility index (Phi) is 6.42. The van der Waals surface area contributed by atoms with E-state index in [9.17, 15) is 9.59 Å². The summed E-state index contributed by atoms with van der Waals surface area (Å²) in [6.07, 6.45) is 0.748. The van der Waals surface area contributed by atoms with Crippen molar-refractivity contribution < 1.29 is 14.3 Å². The average molecular weight is 423 g/mol. The van der Waals surface area contributed by atoms with Crippen molar-refractivity contribution in [1.29, 1.82) is 0 Å². The number of ether oxygens (including phenoxy) is 1. The molecule has 0 aromatic heterocycles. The Morgan fingerprint density at radius 3 is 2.42 bits per heavy atom. The van der Waals surface area contributed by atoms with Crippen molar-refractivity contribution in [2.75, 3.05) is 58.3 Å². The highest BCUT2D eigenvalue weighted by Crippen LogP contribution is 2.35. The predicted molar refractivity (Wildman–Crippen MR) is 121 cm³/mol. The number of amides is 2. The van der Waals surface area contributed by atoms with E-state index in [1.807, 2.05) is 29.2 Å². The quantitative estimate of drug-likeness (QED) is 0.796. The van der Waals surface area contributed by atoms with E-state index in [-0.39, 0.29) is 18.4 Å². The molecule has 2 aromatic carbocycles. The Bertz CT molecular complexity index is 939. The number of fused-ring (bicyclic) bond motifs is 1. The third-order valence-electron chi connectivity index (χ3n) is 6.20. The summed E-state index contributed by atoms with van der Waals surface area (Å²) in [4.78, 5) is 31.8. The van der Waals surface area contributed by atoms with Gasteiger partial charge in [-0.25, -0.2) is 0 Å². The zero-order chi connectivity index (χ0) is 21.8. The number of nitrogens with zero attached hydrogens (tertiary/aromatic N) is 3. The molecular weight excluding hydrogens is 392 g/mol. The summed E-state index contributed by atoms with van der Waals surface area (Å²) in [6, 6.07) is 13.1. The van der Waals surface area contributed by atoms with Gasteiger partial charge in [0.05, 0.1) is 13.7 Å². The predicted octanol–water partition coefficient (Wildman–Crippen LogP) is 1.76. The number of hydrogen-bond acceptors (Lipinski definition) is 5. The van der Waals surface area contributed by atoms with E-state index in [2.05, 4.69) is 28.2 Å². The topological polar surface area (TPSA) is 65.1 Å². The Morgan fingerprint density at radius 1 is 0.968 bits per heavy atom. The molecule has 1 fully saturated rings. The van der Waals surface area contributed by atoms with Gasteiger partial charge < -0.3 is 24.8 Å². The second-order valence-electron chi connectivity index (χ2n) is 8.15. The van der Waals surface area contributed by atoms with E-state index in [4.69, 9.17) is 4.74 Å². The highest BCUT2D eigenvalue weighted by molar-refractivity contribution is 5.96. The molecule has 0 spiro atoms. The third kappa shape index (κ3) is 4.66. The zero-order valence-corrected chi connectivity index (χ0v) is 18.3. The van der Waals surface area contributed by atoms with Crippen LogP contribution in [0.15, 0.2) is 42.5 Å². The van der Waals surface area contributed by atoms with E-state index in [1.54, 1.807) is 19.2 Å². The first-order valence-electron chi connectivity index (χ1n) is 10.8. The van der Waals surface area contributed by atoms with Gasteiger partial charge in [0.25, 0.3) is 5.91 Å². The molecule has 31 heavy (non-hydrogen) atoms. The molecule has 2 aromatic rings. The van der Waals surface area contributed by atoms with Crippen LogP contribution < -0.4 is 15.0 Å².